The molecule has 0 atom stereocenters. The highest BCUT2D eigenvalue weighted by Crippen LogP contribution is 2.23. The van der Waals surface area contributed by atoms with E-state index in [1.807, 2.05) is 32.0 Å². The van der Waals surface area contributed by atoms with Crippen LogP contribution in [0.1, 0.15) is 31.4 Å². The molecule has 0 aliphatic rings. The molecule has 0 saturated heterocycles. The topological polar surface area (TPSA) is 41.6 Å². The zero-order valence-corrected chi connectivity index (χ0v) is 13.0. The second-order valence-electron chi connectivity index (χ2n) is 4.94. The molecular formula is C16H26N2O2. The first-order valence-corrected chi connectivity index (χ1v) is 7.26. The molecule has 112 valence electrons. The summed E-state index contributed by atoms with van der Waals surface area (Å²) in [4.78, 5) is 13.5. The molecule has 0 aliphatic heterocycles. The third-order valence-corrected chi connectivity index (χ3v) is 3.28. The molecule has 0 radical (unpaired) electrons. The summed E-state index contributed by atoms with van der Waals surface area (Å²) in [6, 6.07) is 6.07. The maximum Gasteiger partial charge on any atom is 0.260 e. The van der Waals surface area contributed by atoms with Crippen LogP contribution in [-0.4, -0.2) is 37.6 Å². The fourth-order valence-electron chi connectivity index (χ4n) is 1.88. The number of ether oxygens (including phenoxy) is 1. The van der Waals surface area contributed by atoms with Crippen LogP contribution in [0.2, 0.25) is 0 Å². The maximum absolute atomic E-state index is 11.8. The third kappa shape index (κ3) is 4.85. The standard InChI is InChI=1S/C16H26N2O2/c1-5-10-17-11-14-9-7-8-13(3)16(14)20-12-15(19)18(4)6-2/h7-9,17H,5-6,10-12H2,1-4H3. The van der Waals surface area contributed by atoms with Crippen LogP contribution in [0, 0.1) is 6.92 Å². The largest absolute Gasteiger partial charge is 0.483 e. The zero-order chi connectivity index (χ0) is 15.0. The lowest BCUT2D eigenvalue weighted by molar-refractivity contribution is -0.131. The number of nitrogens with one attached hydrogen (secondary N) is 1. The first-order valence-electron chi connectivity index (χ1n) is 7.26. The van der Waals surface area contributed by atoms with Gasteiger partial charge in [-0.25, -0.2) is 0 Å². The molecule has 0 saturated carbocycles. The monoisotopic (exact) mass is 278 g/mol. The van der Waals surface area contributed by atoms with Crippen molar-refractivity contribution in [3.8, 4) is 5.75 Å². The summed E-state index contributed by atoms with van der Waals surface area (Å²) in [5.41, 5.74) is 2.16. The van der Waals surface area contributed by atoms with Crippen molar-refractivity contribution in [2.45, 2.75) is 33.7 Å². The summed E-state index contributed by atoms with van der Waals surface area (Å²) in [6.07, 6.45) is 1.10. The van der Waals surface area contributed by atoms with Gasteiger partial charge in [-0.3, -0.25) is 4.79 Å². The van der Waals surface area contributed by atoms with Crippen molar-refractivity contribution in [1.29, 1.82) is 0 Å². The van der Waals surface area contributed by atoms with Gasteiger partial charge in [0.2, 0.25) is 0 Å². The number of nitrogens with zero attached hydrogens (tertiary/aromatic N) is 1. The number of likely N-dealkylation sites (N-methyl/N-ethyl adjacent to an activating group) is 1. The zero-order valence-electron chi connectivity index (χ0n) is 13.0. The van der Waals surface area contributed by atoms with E-state index in [1.54, 1.807) is 11.9 Å². The minimum Gasteiger partial charge on any atom is -0.483 e. The van der Waals surface area contributed by atoms with E-state index in [2.05, 4.69) is 12.2 Å². The van der Waals surface area contributed by atoms with E-state index in [0.717, 1.165) is 36.4 Å². The molecule has 20 heavy (non-hydrogen) atoms. The third-order valence-electron chi connectivity index (χ3n) is 3.28. The van der Waals surface area contributed by atoms with E-state index in [-0.39, 0.29) is 12.5 Å². The second kappa shape index (κ2) is 8.59. The molecule has 0 fully saturated rings. The van der Waals surface area contributed by atoms with Crippen molar-refractivity contribution >= 4 is 5.91 Å². The van der Waals surface area contributed by atoms with Gasteiger partial charge >= 0.3 is 0 Å². The first kappa shape index (κ1) is 16.5. The molecule has 1 rings (SSSR count). The summed E-state index contributed by atoms with van der Waals surface area (Å²) in [6.45, 7) is 8.63. The maximum atomic E-state index is 11.8. The van der Waals surface area contributed by atoms with Gasteiger partial charge in [0, 0.05) is 25.7 Å². The lowest BCUT2D eigenvalue weighted by Gasteiger charge is -2.18. The highest BCUT2D eigenvalue weighted by molar-refractivity contribution is 5.77. The van der Waals surface area contributed by atoms with E-state index in [4.69, 9.17) is 4.74 Å². The predicted octanol–water partition coefficient (Wildman–Crippen LogP) is 2.35. The van der Waals surface area contributed by atoms with E-state index in [9.17, 15) is 4.79 Å². The molecule has 0 aliphatic carbocycles. The van der Waals surface area contributed by atoms with Crippen LogP contribution in [0.25, 0.3) is 0 Å². The molecule has 0 heterocycles. The Morgan fingerprint density at radius 2 is 2.10 bits per heavy atom. The average Bonchev–Trinajstić information content (AvgIpc) is 2.45. The molecule has 0 spiro atoms. The summed E-state index contributed by atoms with van der Waals surface area (Å²) < 4.78 is 5.75. The minimum atomic E-state index is 0.00298. The van der Waals surface area contributed by atoms with Crippen molar-refractivity contribution in [2.24, 2.45) is 0 Å². The number of amides is 1. The number of rotatable bonds is 8. The summed E-state index contributed by atoms with van der Waals surface area (Å²) in [7, 11) is 1.78. The average molecular weight is 278 g/mol. The van der Waals surface area contributed by atoms with Crippen LogP contribution in [0.3, 0.4) is 0 Å². The lowest BCUT2D eigenvalue weighted by atomic mass is 10.1. The Morgan fingerprint density at radius 3 is 2.75 bits per heavy atom. The molecule has 4 nitrogen and oxygen atoms in total. The van der Waals surface area contributed by atoms with E-state index >= 15 is 0 Å². The van der Waals surface area contributed by atoms with Crippen LogP contribution >= 0.6 is 0 Å². The van der Waals surface area contributed by atoms with Crippen molar-refractivity contribution in [3.63, 3.8) is 0 Å². The van der Waals surface area contributed by atoms with Gasteiger partial charge in [-0.05, 0) is 32.4 Å². The Kier molecular flexibility index (Phi) is 7.09. The Morgan fingerprint density at radius 1 is 1.35 bits per heavy atom. The van der Waals surface area contributed by atoms with Gasteiger partial charge in [0.1, 0.15) is 5.75 Å². The van der Waals surface area contributed by atoms with Crippen molar-refractivity contribution in [3.05, 3.63) is 29.3 Å². The lowest BCUT2D eigenvalue weighted by Crippen LogP contribution is -2.31. The molecule has 0 aromatic heterocycles. The second-order valence-corrected chi connectivity index (χ2v) is 4.94. The Hall–Kier alpha value is -1.55. The quantitative estimate of drug-likeness (QED) is 0.742. The molecule has 4 heteroatoms. The van der Waals surface area contributed by atoms with Crippen LogP contribution in [-0.2, 0) is 11.3 Å². The van der Waals surface area contributed by atoms with Gasteiger partial charge in [0.25, 0.3) is 5.91 Å². The molecule has 1 N–H and O–H groups in total. The smallest absolute Gasteiger partial charge is 0.260 e. The van der Waals surface area contributed by atoms with Crippen LogP contribution in [0.5, 0.6) is 5.75 Å². The van der Waals surface area contributed by atoms with Gasteiger partial charge in [-0.1, -0.05) is 25.1 Å². The Balaban J connectivity index is 2.69. The van der Waals surface area contributed by atoms with Crippen LogP contribution < -0.4 is 10.1 Å². The highest BCUT2D eigenvalue weighted by atomic mass is 16.5. The van der Waals surface area contributed by atoms with Crippen LogP contribution in [0.4, 0.5) is 0 Å². The van der Waals surface area contributed by atoms with Gasteiger partial charge in [-0.2, -0.15) is 0 Å². The number of carbonyl (C=O) groups is 1. The number of hydrogen-bond donors (Lipinski definition) is 1. The normalized spacial score (nSPS) is 10.4. The predicted molar refractivity (Wildman–Crippen MR) is 82.0 cm³/mol. The van der Waals surface area contributed by atoms with Crippen molar-refractivity contribution in [2.75, 3.05) is 26.7 Å². The fourth-order valence-corrected chi connectivity index (χ4v) is 1.88. The van der Waals surface area contributed by atoms with Gasteiger partial charge in [0.05, 0.1) is 0 Å². The molecular weight excluding hydrogens is 252 g/mol. The highest BCUT2D eigenvalue weighted by Gasteiger charge is 2.11. The number of hydrogen-bond acceptors (Lipinski definition) is 3. The molecule has 1 aromatic carbocycles. The van der Waals surface area contributed by atoms with E-state index in [0.29, 0.717) is 6.54 Å². The minimum absolute atomic E-state index is 0.00298. The van der Waals surface area contributed by atoms with Crippen molar-refractivity contribution in [1.82, 2.24) is 10.2 Å². The first-order chi connectivity index (χ1) is 9.60. The van der Waals surface area contributed by atoms with Crippen molar-refractivity contribution < 1.29 is 9.53 Å². The van der Waals surface area contributed by atoms with Gasteiger partial charge in [0.15, 0.2) is 6.61 Å². The number of aryl methyl sites for hydroxylation is 1. The number of carbonyl (C=O) groups excluding carboxylic acids is 1. The SMILES string of the molecule is CCCNCc1cccc(C)c1OCC(=O)N(C)CC. The Bertz CT molecular complexity index is 432. The molecule has 1 amide bonds. The summed E-state index contributed by atoms with van der Waals surface area (Å²) >= 11 is 0. The van der Waals surface area contributed by atoms with E-state index in [1.165, 1.54) is 0 Å². The summed E-state index contributed by atoms with van der Waals surface area (Å²) in [5.74, 6) is 0.831. The molecule has 1 aromatic rings. The fraction of sp³-hybridized carbons (Fsp3) is 0.562. The molecule has 0 bridgehead atoms. The number of para-hydroxylation sites is 1. The van der Waals surface area contributed by atoms with Crippen LogP contribution in [0.15, 0.2) is 18.2 Å². The van der Waals surface area contributed by atoms with Gasteiger partial charge < -0.3 is 15.0 Å². The Labute approximate surface area is 122 Å². The molecule has 0 unspecified atom stereocenters. The van der Waals surface area contributed by atoms with Gasteiger partial charge in [-0.15, -0.1) is 0 Å². The van der Waals surface area contributed by atoms with E-state index < -0.39 is 0 Å². The summed E-state index contributed by atoms with van der Waals surface area (Å²) in [5, 5.41) is 3.37. The number of benzene rings is 1.